The summed E-state index contributed by atoms with van der Waals surface area (Å²) in [4.78, 5) is 0. The van der Waals surface area contributed by atoms with Crippen molar-refractivity contribution in [3.05, 3.63) is 120 Å². The fourth-order valence-electron chi connectivity index (χ4n) is 3.90. The number of rotatable bonds is 3. The zero-order valence-corrected chi connectivity index (χ0v) is 13.8. The Bertz CT molecular complexity index is 1020. The topological polar surface area (TPSA) is 12.5 Å². The lowest BCUT2D eigenvalue weighted by atomic mass is 9.83. The van der Waals surface area contributed by atoms with Crippen LogP contribution in [0.3, 0.4) is 0 Å². The van der Waals surface area contributed by atoms with Crippen molar-refractivity contribution in [2.75, 3.05) is 0 Å². The molecule has 0 aliphatic carbocycles. The third kappa shape index (κ3) is 2.20. The van der Waals surface area contributed by atoms with Crippen LogP contribution in [0.5, 0.6) is 0 Å². The molecule has 1 saturated heterocycles. The third-order valence-corrected chi connectivity index (χ3v) is 5.11. The van der Waals surface area contributed by atoms with Crippen LogP contribution in [0.1, 0.15) is 22.8 Å². The molecule has 0 amide bonds. The van der Waals surface area contributed by atoms with Gasteiger partial charge >= 0.3 is 0 Å². The minimum atomic E-state index is -0.413. The van der Waals surface area contributed by atoms with Gasteiger partial charge in [-0.1, -0.05) is 103 Å². The number of ether oxygens (including phenoxy) is 1. The van der Waals surface area contributed by atoms with Crippen molar-refractivity contribution in [3.63, 3.8) is 0 Å². The van der Waals surface area contributed by atoms with Gasteiger partial charge in [0.25, 0.3) is 0 Å². The first-order chi connectivity index (χ1) is 12.4. The first-order valence-corrected chi connectivity index (χ1v) is 8.66. The molecule has 0 spiro atoms. The van der Waals surface area contributed by atoms with Gasteiger partial charge < -0.3 is 4.74 Å². The van der Waals surface area contributed by atoms with E-state index < -0.39 is 5.60 Å². The van der Waals surface area contributed by atoms with Gasteiger partial charge in [-0.25, -0.2) is 0 Å². The lowest BCUT2D eigenvalue weighted by Crippen LogP contribution is -2.13. The average Bonchev–Trinajstić information content (AvgIpc) is 3.46. The summed E-state index contributed by atoms with van der Waals surface area (Å²) in [6, 6.07) is 36.1. The molecule has 0 bridgehead atoms. The van der Waals surface area contributed by atoms with Crippen LogP contribution in [0.4, 0.5) is 0 Å². The first kappa shape index (κ1) is 14.4. The normalized spacial score (nSPS) is 22.0. The quantitative estimate of drug-likeness (QED) is 0.431. The molecular weight excluding hydrogens is 304 g/mol. The van der Waals surface area contributed by atoms with E-state index in [1.165, 1.54) is 27.5 Å². The number of fused-ring (bicyclic) bond motifs is 1. The van der Waals surface area contributed by atoms with Crippen molar-refractivity contribution in [1.82, 2.24) is 0 Å². The Kier molecular flexibility index (Phi) is 3.22. The second-order valence-corrected chi connectivity index (χ2v) is 6.54. The Morgan fingerprint density at radius 1 is 0.600 bits per heavy atom. The van der Waals surface area contributed by atoms with Gasteiger partial charge in [0.15, 0.2) is 0 Å². The molecule has 4 aromatic carbocycles. The number of hydrogen-bond acceptors (Lipinski definition) is 1. The molecule has 0 saturated carbocycles. The van der Waals surface area contributed by atoms with E-state index in [0.717, 1.165) is 0 Å². The van der Waals surface area contributed by atoms with Crippen molar-refractivity contribution in [3.8, 4) is 0 Å². The van der Waals surface area contributed by atoms with Crippen LogP contribution < -0.4 is 0 Å². The molecule has 1 nitrogen and oxygen atoms in total. The summed E-state index contributed by atoms with van der Waals surface area (Å²) in [7, 11) is 0. The Labute approximate surface area is 147 Å². The highest BCUT2D eigenvalue weighted by atomic mass is 16.6. The van der Waals surface area contributed by atoms with Crippen molar-refractivity contribution in [2.45, 2.75) is 11.7 Å². The molecule has 120 valence electrons. The minimum absolute atomic E-state index is 0.0434. The molecule has 1 aliphatic heterocycles. The van der Waals surface area contributed by atoms with Gasteiger partial charge in [0, 0.05) is 0 Å². The van der Waals surface area contributed by atoms with Crippen LogP contribution in [0.15, 0.2) is 103 Å². The predicted octanol–water partition coefficient (Wildman–Crippen LogP) is 5.85. The van der Waals surface area contributed by atoms with E-state index in [2.05, 4.69) is 97.1 Å². The lowest BCUT2D eigenvalue weighted by Gasteiger charge is -2.17. The highest BCUT2D eigenvalue weighted by Crippen LogP contribution is 2.62. The van der Waals surface area contributed by atoms with Crippen LogP contribution >= 0.6 is 0 Å². The molecule has 2 unspecified atom stereocenters. The molecule has 1 heterocycles. The van der Waals surface area contributed by atoms with E-state index >= 15 is 0 Å². The lowest BCUT2D eigenvalue weighted by molar-refractivity contribution is 0.330. The second kappa shape index (κ2) is 5.58. The highest BCUT2D eigenvalue weighted by molar-refractivity contribution is 5.87. The molecule has 25 heavy (non-hydrogen) atoms. The van der Waals surface area contributed by atoms with Crippen LogP contribution in [-0.4, -0.2) is 0 Å². The van der Waals surface area contributed by atoms with Crippen LogP contribution in [0.25, 0.3) is 10.8 Å². The average molecular weight is 322 g/mol. The maximum absolute atomic E-state index is 6.47. The van der Waals surface area contributed by atoms with Crippen molar-refractivity contribution >= 4 is 10.8 Å². The van der Waals surface area contributed by atoms with Gasteiger partial charge in [0.1, 0.15) is 11.7 Å². The number of epoxide rings is 1. The summed E-state index contributed by atoms with van der Waals surface area (Å²) < 4.78 is 6.47. The first-order valence-electron chi connectivity index (χ1n) is 8.66. The molecule has 1 fully saturated rings. The van der Waals surface area contributed by atoms with E-state index in [1.54, 1.807) is 0 Å². The molecule has 0 radical (unpaired) electrons. The zero-order chi connectivity index (χ0) is 16.7. The predicted molar refractivity (Wildman–Crippen MR) is 101 cm³/mol. The molecule has 2 atom stereocenters. The van der Waals surface area contributed by atoms with Gasteiger partial charge in [-0.3, -0.25) is 0 Å². The van der Waals surface area contributed by atoms with Crippen molar-refractivity contribution < 1.29 is 4.74 Å². The molecule has 0 aromatic heterocycles. The van der Waals surface area contributed by atoms with Crippen molar-refractivity contribution in [2.24, 2.45) is 0 Å². The van der Waals surface area contributed by atoms with Crippen LogP contribution in [0.2, 0.25) is 0 Å². The fourth-order valence-corrected chi connectivity index (χ4v) is 3.90. The third-order valence-electron chi connectivity index (χ3n) is 5.11. The van der Waals surface area contributed by atoms with Crippen LogP contribution in [0, 0.1) is 0 Å². The van der Waals surface area contributed by atoms with E-state index in [1.807, 2.05) is 6.07 Å². The van der Waals surface area contributed by atoms with E-state index in [9.17, 15) is 0 Å². The molecule has 1 heteroatoms. The highest BCUT2D eigenvalue weighted by Gasteiger charge is 2.60. The van der Waals surface area contributed by atoms with Gasteiger partial charge in [-0.15, -0.1) is 0 Å². The SMILES string of the molecule is c1ccc(C2OC2(c2ccccc2)c2cccc3ccccc23)cc1. The fraction of sp³-hybridized carbons (Fsp3) is 0.0833. The minimum Gasteiger partial charge on any atom is -0.351 e. The molecule has 4 aromatic rings. The van der Waals surface area contributed by atoms with Crippen LogP contribution in [-0.2, 0) is 10.3 Å². The maximum atomic E-state index is 6.47. The maximum Gasteiger partial charge on any atom is 0.150 e. The number of benzene rings is 4. The van der Waals surface area contributed by atoms with E-state index in [-0.39, 0.29) is 6.10 Å². The van der Waals surface area contributed by atoms with Crippen molar-refractivity contribution in [1.29, 1.82) is 0 Å². The Morgan fingerprint density at radius 2 is 1.24 bits per heavy atom. The monoisotopic (exact) mass is 322 g/mol. The summed E-state index contributed by atoms with van der Waals surface area (Å²) in [5, 5.41) is 2.50. The second-order valence-electron chi connectivity index (χ2n) is 6.54. The molecule has 0 N–H and O–H groups in total. The van der Waals surface area contributed by atoms with E-state index in [4.69, 9.17) is 4.74 Å². The Morgan fingerprint density at radius 3 is 2.04 bits per heavy atom. The smallest absolute Gasteiger partial charge is 0.150 e. The summed E-state index contributed by atoms with van der Waals surface area (Å²) in [5.74, 6) is 0. The standard InChI is InChI=1S/C24H18O/c1-3-11-19(12-4-1)23-24(25-23,20-14-5-2-6-15-20)22-17-9-13-18-10-7-8-16-21(18)22/h1-17,23H. The summed E-state index contributed by atoms with van der Waals surface area (Å²) in [6.45, 7) is 0. The number of hydrogen-bond donors (Lipinski definition) is 0. The molecule has 1 aliphatic rings. The van der Waals surface area contributed by atoms with E-state index in [0.29, 0.717) is 0 Å². The largest absolute Gasteiger partial charge is 0.351 e. The van der Waals surface area contributed by atoms with Gasteiger partial charge in [0.2, 0.25) is 0 Å². The van der Waals surface area contributed by atoms with Gasteiger partial charge in [-0.05, 0) is 27.5 Å². The van der Waals surface area contributed by atoms with Gasteiger partial charge in [0.05, 0.1) is 0 Å². The Hall–Kier alpha value is -2.90. The summed E-state index contributed by atoms with van der Waals surface area (Å²) in [5.41, 5.74) is 3.26. The summed E-state index contributed by atoms with van der Waals surface area (Å²) >= 11 is 0. The molecule has 5 rings (SSSR count). The van der Waals surface area contributed by atoms with Gasteiger partial charge in [-0.2, -0.15) is 0 Å². The molecular formula is C24H18O. The zero-order valence-electron chi connectivity index (χ0n) is 13.8. The Balaban J connectivity index is 1.75. The summed E-state index contributed by atoms with van der Waals surface area (Å²) in [6.07, 6.45) is 0.0434.